The maximum Gasteiger partial charge on any atom is 0.416 e. The molecular weight excluding hydrogens is 327 g/mol. The van der Waals surface area contributed by atoms with E-state index in [2.05, 4.69) is 17.2 Å². The first kappa shape index (κ1) is 18.6. The summed E-state index contributed by atoms with van der Waals surface area (Å²) in [5.41, 5.74) is 0.450. The molecule has 0 aliphatic carbocycles. The Morgan fingerprint density at radius 3 is 2.48 bits per heavy atom. The normalized spacial score (nSPS) is 12.0. The van der Waals surface area contributed by atoms with E-state index in [9.17, 15) is 18.0 Å². The highest BCUT2D eigenvalue weighted by Gasteiger charge is 2.30. The monoisotopic (exact) mass is 345 g/mol. The highest BCUT2D eigenvalue weighted by molar-refractivity contribution is 5.83. The number of nitrogens with one attached hydrogen (secondary N) is 1. The maximum atomic E-state index is 12.6. The Hall–Kier alpha value is -2.74. The Balaban J connectivity index is 1.97. The number of hydrogen-bond donors (Lipinski definition) is 1. The fourth-order valence-electron chi connectivity index (χ4n) is 2.43. The highest BCUT2D eigenvalue weighted by atomic mass is 19.4. The van der Waals surface area contributed by atoms with E-state index < -0.39 is 11.7 Å². The van der Waals surface area contributed by atoms with Gasteiger partial charge in [-0.05, 0) is 30.2 Å². The molecule has 2 rings (SSSR count). The highest BCUT2D eigenvalue weighted by Crippen LogP contribution is 2.29. The molecule has 0 aliphatic heterocycles. The summed E-state index contributed by atoms with van der Waals surface area (Å²) in [6.07, 6.45) is -3.74. The standard InChI is InChI=1S/C20H18F3NO/c1-2-18(16-10-4-3-5-11-16)19(25)24-13-7-9-15-8-6-12-17(14-15)20(21,22)23/h3-6,8,10-12,14,18H,2,13H2,1H3,(H,24,25)/t18-/m1/s1. The molecule has 2 aromatic carbocycles. The van der Waals surface area contributed by atoms with Crippen LogP contribution in [0, 0.1) is 11.8 Å². The molecule has 0 aliphatic rings. The molecule has 0 unspecified atom stereocenters. The van der Waals surface area contributed by atoms with Crippen LogP contribution in [0.1, 0.15) is 36.0 Å². The van der Waals surface area contributed by atoms with Gasteiger partial charge in [0, 0.05) is 5.56 Å². The minimum Gasteiger partial charge on any atom is -0.345 e. The molecule has 5 heteroatoms. The fraction of sp³-hybridized carbons (Fsp3) is 0.250. The zero-order valence-electron chi connectivity index (χ0n) is 13.7. The van der Waals surface area contributed by atoms with Crippen molar-refractivity contribution in [3.05, 3.63) is 71.3 Å². The SMILES string of the molecule is CC[C@@H](C(=O)NCC#Cc1cccc(C(F)(F)F)c1)c1ccccc1. The van der Waals surface area contributed by atoms with Crippen molar-refractivity contribution in [1.29, 1.82) is 0 Å². The summed E-state index contributed by atoms with van der Waals surface area (Å²) in [5.74, 6) is 4.92. The van der Waals surface area contributed by atoms with Crippen LogP contribution in [0.3, 0.4) is 0 Å². The van der Waals surface area contributed by atoms with Crippen LogP contribution in [0.2, 0.25) is 0 Å². The molecule has 0 spiro atoms. The Bertz CT molecular complexity index is 773. The third-order valence-corrected chi connectivity index (χ3v) is 3.70. The molecule has 0 bridgehead atoms. The van der Waals surface area contributed by atoms with Crippen LogP contribution in [0.5, 0.6) is 0 Å². The number of rotatable bonds is 4. The van der Waals surface area contributed by atoms with E-state index in [1.165, 1.54) is 12.1 Å². The van der Waals surface area contributed by atoms with Gasteiger partial charge in [-0.2, -0.15) is 13.2 Å². The molecule has 0 fully saturated rings. The van der Waals surface area contributed by atoms with Crippen molar-refractivity contribution in [3.8, 4) is 11.8 Å². The van der Waals surface area contributed by atoms with Gasteiger partial charge >= 0.3 is 6.18 Å². The lowest BCUT2D eigenvalue weighted by molar-refractivity contribution is -0.137. The van der Waals surface area contributed by atoms with Crippen molar-refractivity contribution in [2.75, 3.05) is 6.54 Å². The van der Waals surface area contributed by atoms with Crippen LogP contribution < -0.4 is 5.32 Å². The molecule has 1 N–H and O–H groups in total. The molecule has 0 saturated heterocycles. The molecule has 25 heavy (non-hydrogen) atoms. The summed E-state index contributed by atoms with van der Waals surface area (Å²) < 4.78 is 37.9. The van der Waals surface area contributed by atoms with E-state index >= 15 is 0 Å². The number of benzene rings is 2. The molecule has 0 heterocycles. The molecular formula is C20H18F3NO. The van der Waals surface area contributed by atoms with Gasteiger partial charge in [0.05, 0.1) is 18.0 Å². The summed E-state index contributed by atoms with van der Waals surface area (Å²) in [4.78, 5) is 12.2. The fourth-order valence-corrected chi connectivity index (χ4v) is 2.43. The summed E-state index contributed by atoms with van der Waals surface area (Å²) >= 11 is 0. The second kappa shape index (κ2) is 8.39. The number of carbonyl (C=O) groups is 1. The largest absolute Gasteiger partial charge is 0.416 e. The quantitative estimate of drug-likeness (QED) is 0.820. The van der Waals surface area contributed by atoms with Gasteiger partial charge in [-0.3, -0.25) is 4.79 Å². The number of hydrogen-bond acceptors (Lipinski definition) is 1. The smallest absolute Gasteiger partial charge is 0.345 e. The van der Waals surface area contributed by atoms with Crippen molar-refractivity contribution >= 4 is 5.91 Å². The van der Waals surface area contributed by atoms with Crippen molar-refractivity contribution < 1.29 is 18.0 Å². The van der Waals surface area contributed by atoms with Gasteiger partial charge in [0.2, 0.25) is 5.91 Å². The maximum absolute atomic E-state index is 12.6. The lowest BCUT2D eigenvalue weighted by Gasteiger charge is -2.14. The first-order chi connectivity index (χ1) is 11.9. The van der Waals surface area contributed by atoms with Crippen molar-refractivity contribution in [2.45, 2.75) is 25.4 Å². The summed E-state index contributed by atoms with van der Waals surface area (Å²) in [6, 6.07) is 14.2. The second-order valence-corrected chi connectivity index (χ2v) is 5.47. The molecule has 1 amide bonds. The van der Waals surface area contributed by atoms with Gasteiger partial charge in [0.15, 0.2) is 0 Å². The Morgan fingerprint density at radius 1 is 1.12 bits per heavy atom. The van der Waals surface area contributed by atoms with Gasteiger partial charge in [0.1, 0.15) is 0 Å². The average Bonchev–Trinajstić information content (AvgIpc) is 2.60. The van der Waals surface area contributed by atoms with Crippen LogP contribution in [-0.4, -0.2) is 12.5 Å². The van der Waals surface area contributed by atoms with Gasteiger partial charge in [0.25, 0.3) is 0 Å². The number of carbonyl (C=O) groups excluding carboxylic acids is 1. The predicted octanol–water partition coefficient (Wildman–Crippen LogP) is 4.37. The molecule has 130 valence electrons. The minimum absolute atomic E-state index is 0.0818. The molecule has 0 radical (unpaired) electrons. The first-order valence-electron chi connectivity index (χ1n) is 7.90. The summed E-state index contributed by atoms with van der Waals surface area (Å²) in [7, 11) is 0. The third kappa shape index (κ3) is 5.39. The van der Waals surface area contributed by atoms with E-state index in [0.29, 0.717) is 6.42 Å². The van der Waals surface area contributed by atoms with E-state index in [1.54, 1.807) is 0 Å². The molecule has 0 saturated carbocycles. The third-order valence-electron chi connectivity index (χ3n) is 3.70. The van der Waals surface area contributed by atoms with Crippen LogP contribution >= 0.6 is 0 Å². The molecule has 0 aromatic heterocycles. The number of halogens is 3. The van der Waals surface area contributed by atoms with Crippen LogP contribution in [0.4, 0.5) is 13.2 Å². The molecule has 1 atom stereocenters. The van der Waals surface area contributed by atoms with Crippen molar-refractivity contribution in [2.24, 2.45) is 0 Å². The lowest BCUT2D eigenvalue weighted by atomic mass is 9.96. The van der Waals surface area contributed by atoms with Crippen LogP contribution in [0.25, 0.3) is 0 Å². The first-order valence-corrected chi connectivity index (χ1v) is 7.90. The predicted molar refractivity (Wildman–Crippen MR) is 90.8 cm³/mol. The second-order valence-electron chi connectivity index (χ2n) is 5.47. The van der Waals surface area contributed by atoms with Crippen LogP contribution in [0.15, 0.2) is 54.6 Å². The van der Waals surface area contributed by atoms with Crippen molar-refractivity contribution in [1.82, 2.24) is 5.32 Å². The summed E-state index contributed by atoms with van der Waals surface area (Å²) in [5, 5.41) is 2.71. The van der Waals surface area contributed by atoms with Gasteiger partial charge < -0.3 is 5.32 Å². The molecule has 2 aromatic rings. The topological polar surface area (TPSA) is 29.1 Å². The van der Waals surface area contributed by atoms with Crippen molar-refractivity contribution in [3.63, 3.8) is 0 Å². The average molecular weight is 345 g/mol. The zero-order chi connectivity index (χ0) is 18.3. The van der Waals surface area contributed by atoms with E-state index in [4.69, 9.17) is 0 Å². The Morgan fingerprint density at radius 2 is 1.84 bits per heavy atom. The van der Waals surface area contributed by atoms with Gasteiger partial charge in [-0.25, -0.2) is 0 Å². The minimum atomic E-state index is -4.39. The van der Waals surface area contributed by atoms with Gasteiger partial charge in [-0.1, -0.05) is 55.2 Å². The lowest BCUT2D eigenvalue weighted by Crippen LogP contribution is -2.29. The van der Waals surface area contributed by atoms with Gasteiger partial charge in [-0.15, -0.1) is 0 Å². The van der Waals surface area contributed by atoms with E-state index in [1.807, 2.05) is 37.3 Å². The van der Waals surface area contributed by atoms with E-state index in [-0.39, 0.29) is 23.9 Å². The summed E-state index contributed by atoms with van der Waals surface area (Å²) in [6.45, 7) is 2.00. The Labute approximate surface area is 145 Å². The molecule has 2 nitrogen and oxygen atoms in total. The number of alkyl halides is 3. The van der Waals surface area contributed by atoms with Crippen LogP contribution in [-0.2, 0) is 11.0 Å². The zero-order valence-corrected chi connectivity index (χ0v) is 13.7. The Kier molecular flexibility index (Phi) is 6.24. The van der Waals surface area contributed by atoms with E-state index in [0.717, 1.165) is 17.7 Å². The number of amides is 1.